The Hall–Kier alpha value is -1.55. The lowest BCUT2D eigenvalue weighted by atomic mass is 10.1. The van der Waals surface area contributed by atoms with E-state index in [1.54, 1.807) is 0 Å². The third-order valence-corrected chi connectivity index (χ3v) is 3.35. The molecule has 0 aliphatic carbocycles. The molecule has 1 heterocycles. The minimum absolute atomic E-state index is 0.155. The Kier molecular flexibility index (Phi) is 4.10. The molecule has 1 saturated heterocycles. The highest BCUT2D eigenvalue weighted by molar-refractivity contribution is 5.81. The van der Waals surface area contributed by atoms with Crippen molar-refractivity contribution in [3.8, 4) is 0 Å². The molecule has 0 aromatic heterocycles. The number of carbonyl (C=O) groups is 1. The van der Waals surface area contributed by atoms with Gasteiger partial charge in [-0.05, 0) is 26.0 Å². The zero-order chi connectivity index (χ0) is 13.9. The number of hydrogen-bond donors (Lipinski definition) is 0. The Morgan fingerprint density at radius 2 is 2.05 bits per heavy atom. The Labute approximate surface area is 115 Å². The summed E-state index contributed by atoms with van der Waals surface area (Å²) < 4.78 is 5.63. The van der Waals surface area contributed by atoms with Gasteiger partial charge in [0.1, 0.15) is 0 Å². The molecule has 1 fully saturated rings. The van der Waals surface area contributed by atoms with E-state index >= 15 is 0 Å². The van der Waals surface area contributed by atoms with Gasteiger partial charge in [0.2, 0.25) is 5.91 Å². The van der Waals surface area contributed by atoms with Gasteiger partial charge in [-0.1, -0.05) is 18.2 Å². The van der Waals surface area contributed by atoms with Gasteiger partial charge < -0.3 is 14.5 Å². The van der Waals surface area contributed by atoms with Crippen LogP contribution in [-0.4, -0.2) is 49.7 Å². The van der Waals surface area contributed by atoms with Crippen LogP contribution in [0.2, 0.25) is 0 Å². The number of rotatable bonds is 3. The molecule has 1 amide bonds. The van der Waals surface area contributed by atoms with Crippen molar-refractivity contribution in [2.45, 2.75) is 19.4 Å². The van der Waals surface area contributed by atoms with E-state index in [4.69, 9.17) is 4.74 Å². The first-order valence-electron chi connectivity index (χ1n) is 6.66. The Morgan fingerprint density at radius 3 is 2.68 bits per heavy atom. The van der Waals surface area contributed by atoms with Crippen molar-refractivity contribution in [3.63, 3.8) is 0 Å². The van der Waals surface area contributed by atoms with Crippen LogP contribution >= 0.6 is 0 Å². The number of ether oxygens (including phenoxy) is 1. The highest BCUT2D eigenvalue weighted by atomic mass is 16.5. The minimum atomic E-state index is -0.237. The highest BCUT2D eigenvalue weighted by Gasteiger charge is 2.30. The van der Waals surface area contributed by atoms with Crippen LogP contribution < -0.4 is 4.90 Å². The van der Waals surface area contributed by atoms with Gasteiger partial charge in [-0.15, -0.1) is 0 Å². The minimum Gasteiger partial charge on any atom is -0.372 e. The van der Waals surface area contributed by atoms with Gasteiger partial charge in [0.05, 0.1) is 18.8 Å². The smallest absolute Gasteiger partial charge is 0.242 e. The van der Waals surface area contributed by atoms with E-state index in [0.717, 1.165) is 5.69 Å². The molecule has 104 valence electrons. The lowest BCUT2D eigenvalue weighted by Crippen LogP contribution is -2.52. The summed E-state index contributed by atoms with van der Waals surface area (Å²) in [6.07, 6.45) is 0. The summed E-state index contributed by atoms with van der Waals surface area (Å²) in [7, 11) is 1.94. The molecule has 1 aliphatic heterocycles. The number of hydrogen-bond acceptors (Lipinski definition) is 3. The average molecular weight is 262 g/mol. The second kappa shape index (κ2) is 5.61. The van der Waals surface area contributed by atoms with E-state index in [1.165, 1.54) is 0 Å². The number of likely N-dealkylation sites (N-methyl/N-ethyl adjacent to an activating group) is 1. The Balaban J connectivity index is 1.94. The number of carbonyl (C=O) groups excluding carboxylic acids is 1. The predicted molar refractivity (Wildman–Crippen MR) is 76.3 cm³/mol. The number of para-hydroxylation sites is 1. The Bertz CT molecular complexity index is 431. The van der Waals surface area contributed by atoms with Crippen molar-refractivity contribution in [2.75, 3.05) is 38.2 Å². The summed E-state index contributed by atoms with van der Waals surface area (Å²) in [4.78, 5) is 16.2. The van der Waals surface area contributed by atoms with Crippen molar-refractivity contribution >= 4 is 11.6 Å². The normalized spacial score (nSPS) is 18.2. The van der Waals surface area contributed by atoms with Crippen LogP contribution in [-0.2, 0) is 9.53 Å². The maximum atomic E-state index is 12.3. The second-order valence-corrected chi connectivity index (χ2v) is 5.62. The molecule has 0 N–H and O–H groups in total. The summed E-state index contributed by atoms with van der Waals surface area (Å²) in [6.45, 7) is 6.41. The molecule has 4 heteroatoms. The molecule has 0 unspecified atom stereocenters. The summed E-state index contributed by atoms with van der Waals surface area (Å²) in [5.41, 5.74) is 0.822. The topological polar surface area (TPSA) is 32.8 Å². The fraction of sp³-hybridized carbons (Fsp3) is 0.533. The summed E-state index contributed by atoms with van der Waals surface area (Å²) in [5, 5.41) is 0. The molecule has 1 aliphatic rings. The quantitative estimate of drug-likeness (QED) is 0.832. The van der Waals surface area contributed by atoms with Crippen molar-refractivity contribution in [3.05, 3.63) is 30.3 Å². The zero-order valence-corrected chi connectivity index (χ0v) is 11.9. The largest absolute Gasteiger partial charge is 0.372 e. The second-order valence-electron chi connectivity index (χ2n) is 5.62. The molecule has 4 nitrogen and oxygen atoms in total. The zero-order valence-electron chi connectivity index (χ0n) is 11.9. The van der Waals surface area contributed by atoms with Crippen LogP contribution in [0.15, 0.2) is 30.3 Å². The van der Waals surface area contributed by atoms with Gasteiger partial charge >= 0.3 is 0 Å². The monoisotopic (exact) mass is 262 g/mol. The standard InChI is InChI=1S/C15H22N2O2/c1-15(2)12-17(9-10-19-15)14(18)11-16(3)13-7-5-4-6-8-13/h4-8H,9-12H2,1-3H3. The first kappa shape index (κ1) is 13.9. The molecule has 1 aromatic carbocycles. The maximum Gasteiger partial charge on any atom is 0.242 e. The first-order valence-corrected chi connectivity index (χ1v) is 6.66. The molecule has 0 radical (unpaired) electrons. The van der Waals surface area contributed by atoms with Gasteiger partial charge in [-0.3, -0.25) is 4.79 Å². The van der Waals surface area contributed by atoms with E-state index in [1.807, 2.05) is 61.0 Å². The lowest BCUT2D eigenvalue weighted by molar-refractivity contribution is -0.144. The van der Waals surface area contributed by atoms with Crippen LogP contribution in [0, 0.1) is 0 Å². The van der Waals surface area contributed by atoms with Crippen molar-refractivity contribution < 1.29 is 9.53 Å². The third-order valence-electron chi connectivity index (χ3n) is 3.35. The number of benzene rings is 1. The lowest BCUT2D eigenvalue weighted by Gasteiger charge is -2.38. The molecule has 0 atom stereocenters. The van der Waals surface area contributed by atoms with E-state index < -0.39 is 0 Å². The van der Waals surface area contributed by atoms with Crippen molar-refractivity contribution in [2.24, 2.45) is 0 Å². The molecular weight excluding hydrogens is 240 g/mol. The fourth-order valence-corrected chi connectivity index (χ4v) is 2.31. The van der Waals surface area contributed by atoms with Crippen molar-refractivity contribution in [1.29, 1.82) is 0 Å². The summed E-state index contributed by atoms with van der Waals surface area (Å²) in [5.74, 6) is 0.155. The van der Waals surface area contributed by atoms with E-state index in [0.29, 0.717) is 26.2 Å². The van der Waals surface area contributed by atoms with Crippen LogP contribution in [0.5, 0.6) is 0 Å². The van der Waals surface area contributed by atoms with E-state index in [9.17, 15) is 4.79 Å². The Morgan fingerprint density at radius 1 is 1.37 bits per heavy atom. The molecule has 0 spiro atoms. The fourth-order valence-electron chi connectivity index (χ4n) is 2.31. The van der Waals surface area contributed by atoms with Crippen LogP contribution in [0.1, 0.15) is 13.8 Å². The molecule has 2 rings (SSSR count). The van der Waals surface area contributed by atoms with Gasteiger partial charge in [-0.25, -0.2) is 0 Å². The SMILES string of the molecule is CN(CC(=O)N1CCOC(C)(C)C1)c1ccccc1. The third kappa shape index (κ3) is 3.70. The summed E-state index contributed by atoms with van der Waals surface area (Å²) >= 11 is 0. The predicted octanol–water partition coefficient (Wildman–Crippen LogP) is 1.76. The molecule has 1 aromatic rings. The van der Waals surface area contributed by atoms with Gasteiger partial charge in [0, 0.05) is 25.8 Å². The first-order chi connectivity index (χ1) is 8.98. The van der Waals surface area contributed by atoms with Crippen LogP contribution in [0.4, 0.5) is 5.69 Å². The van der Waals surface area contributed by atoms with Crippen LogP contribution in [0.25, 0.3) is 0 Å². The molecule has 0 bridgehead atoms. The van der Waals surface area contributed by atoms with Gasteiger partial charge in [-0.2, -0.15) is 0 Å². The average Bonchev–Trinajstić information content (AvgIpc) is 2.38. The maximum absolute atomic E-state index is 12.3. The molecule has 19 heavy (non-hydrogen) atoms. The number of anilines is 1. The molecular formula is C15H22N2O2. The number of morpholine rings is 1. The number of nitrogens with zero attached hydrogens (tertiary/aromatic N) is 2. The van der Waals surface area contributed by atoms with E-state index in [-0.39, 0.29) is 11.5 Å². The van der Waals surface area contributed by atoms with Crippen molar-refractivity contribution in [1.82, 2.24) is 4.90 Å². The van der Waals surface area contributed by atoms with E-state index in [2.05, 4.69) is 0 Å². The highest BCUT2D eigenvalue weighted by Crippen LogP contribution is 2.17. The summed E-state index contributed by atoms with van der Waals surface area (Å²) in [6, 6.07) is 9.96. The van der Waals surface area contributed by atoms with Gasteiger partial charge in [0.15, 0.2) is 0 Å². The number of amides is 1. The van der Waals surface area contributed by atoms with Gasteiger partial charge in [0.25, 0.3) is 0 Å². The molecule has 0 saturated carbocycles. The van der Waals surface area contributed by atoms with Crippen LogP contribution in [0.3, 0.4) is 0 Å².